The lowest BCUT2D eigenvalue weighted by atomic mass is 9.98. The number of aryl methyl sites for hydroxylation is 1. The summed E-state index contributed by atoms with van der Waals surface area (Å²) < 4.78 is 5.84. The van der Waals surface area contributed by atoms with Gasteiger partial charge in [-0.2, -0.15) is 0 Å². The molecule has 1 N–H and O–H groups in total. The number of hydrogen-bond acceptors (Lipinski definition) is 3. The van der Waals surface area contributed by atoms with Gasteiger partial charge < -0.3 is 10.1 Å². The minimum absolute atomic E-state index is 0.0907. The Morgan fingerprint density at radius 3 is 3.05 bits per heavy atom. The molecule has 1 aliphatic rings. The largest absolute Gasteiger partial charge is 0.493 e. The average molecular weight is 268 g/mol. The van der Waals surface area contributed by atoms with Crippen LogP contribution in [0.5, 0.6) is 5.75 Å². The second kappa shape index (κ2) is 5.63. The summed E-state index contributed by atoms with van der Waals surface area (Å²) >= 11 is 0. The van der Waals surface area contributed by atoms with E-state index < -0.39 is 0 Å². The molecule has 20 heavy (non-hydrogen) atoms. The van der Waals surface area contributed by atoms with E-state index in [4.69, 9.17) is 4.74 Å². The maximum atomic E-state index is 5.84. The summed E-state index contributed by atoms with van der Waals surface area (Å²) in [6.07, 6.45) is 2.88. The molecule has 2 heterocycles. The van der Waals surface area contributed by atoms with Crippen molar-refractivity contribution >= 4 is 0 Å². The number of aromatic nitrogens is 1. The van der Waals surface area contributed by atoms with Crippen LogP contribution in [0.4, 0.5) is 0 Å². The lowest BCUT2D eigenvalue weighted by Gasteiger charge is -2.20. The Morgan fingerprint density at radius 2 is 2.25 bits per heavy atom. The fourth-order valence-corrected chi connectivity index (χ4v) is 2.76. The standard InChI is InChI=1S/C17H20N2O/c1-3-18-16(15-11-12(2)7-9-19-15)14-6-4-5-13-8-10-20-17(13)14/h4-7,9,11,16,18H,3,8,10H2,1-2H3. The van der Waals surface area contributed by atoms with Gasteiger partial charge in [0.2, 0.25) is 0 Å². The van der Waals surface area contributed by atoms with Crippen molar-refractivity contribution < 1.29 is 4.74 Å². The normalized spacial score (nSPS) is 14.7. The van der Waals surface area contributed by atoms with Crippen LogP contribution in [0, 0.1) is 6.92 Å². The van der Waals surface area contributed by atoms with Gasteiger partial charge in [-0.3, -0.25) is 4.98 Å². The molecule has 0 saturated heterocycles. The highest BCUT2D eigenvalue weighted by Crippen LogP contribution is 2.35. The van der Waals surface area contributed by atoms with E-state index in [0.29, 0.717) is 0 Å². The number of pyridine rings is 1. The molecule has 3 nitrogen and oxygen atoms in total. The molecule has 0 bridgehead atoms. The maximum Gasteiger partial charge on any atom is 0.127 e. The van der Waals surface area contributed by atoms with E-state index in [0.717, 1.165) is 31.0 Å². The second-order valence-corrected chi connectivity index (χ2v) is 5.18. The molecule has 104 valence electrons. The van der Waals surface area contributed by atoms with Crippen molar-refractivity contribution in [3.05, 3.63) is 58.9 Å². The summed E-state index contributed by atoms with van der Waals surface area (Å²) in [6.45, 7) is 5.89. The summed E-state index contributed by atoms with van der Waals surface area (Å²) in [5, 5.41) is 3.53. The molecule has 3 heteroatoms. The van der Waals surface area contributed by atoms with Gasteiger partial charge in [-0.15, -0.1) is 0 Å². The Balaban J connectivity index is 2.05. The first-order chi connectivity index (χ1) is 9.79. The molecule has 2 aromatic rings. The van der Waals surface area contributed by atoms with Crippen molar-refractivity contribution in [1.29, 1.82) is 0 Å². The van der Waals surface area contributed by atoms with Gasteiger partial charge in [-0.25, -0.2) is 0 Å². The summed E-state index contributed by atoms with van der Waals surface area (Å²) in [4.78, 5) is 4.54. The first-order valence-corrected chi connectivity index (χ1v) is 7.20. The Labute approximate surface area is 120 Å². The summed E-state index contributed by atoms with van der Waals surface area (Å²) in [6, 6.07) is 10.7. The third-order valence-electron chi connectivity index (χ3n) is 3.70. The third-order valence-corrected chi connectivity index (χ3v) is 3.70. The molecule has 1 aromatic heterocycles. The minimum atomic E-state index is 0.0907. The highest BCUT2D eigenvalue weighted by molar-refractivity contribution is 5.48. The smallest absolute Gasteiger partial charge is 0.127 e. The summed E-state index contributed by atoms with van der Waals surface area (Å²) in [7, 11) is 0. The Kier molecular flexibility index (Phi) is 3.70. The van der Waals surface area contributed by atoms with E-state index in [9.17, 15) is 0 Å². The zero-order valence-electron chi connectivity index (χ0n) is 12.0. The van der Waals surface area contributed by atoms with Crippen molar-refractivity contribution in [2.75, 3.05) is 13.2 Å². The molecule has 1 aromatic carbocycles. The number of fused-ring (bicyclic) bond motifs is 1. The van der Waals surface area contributed by atoms with E-state index in [-0.39, 0.29) is 6.04 Å². The highest BCUT2D eigenvalue weighted by Gasteiger charge is 2.23. The van der Waals surface area contributed by atoms with Crippen LogP contribution < -0.4 is 10.1 Å². The van der Waals surface area contributed by atoms with Crippen LogP contribution in [0.3, 0.4) is 0 Å². The number of rotatable bonds is 4. The van der Waals surface area contributed by atoms with Crippen LogP contribution in [-0.2, 0) is 6.42 Å². The van der Waals surface area contributed by atoms with E-state index in [1.54, 1.807) is 0 Å². The van der Waals surface area contributed by atoms with Gasteiger partial charge in [0.05, 0.1) is 18.3 Å². The van der Waals surface area contributed by atoms with E-state index in [1.165, 1.54) is 16.7 Å². The Hall–Kier alpha value is -1.87. The molecule has 1 aliphatic heterocycles. The Bertz CT molecular complexity index is 610. The van der Waals surface area contributed by atoms with Crippen molar-refractivity contribution in [2.45, 2.75) is 26.3 Å². The molecular weight excluding hydrogens is 248 g/mol. The monoisotopic (exact) mass is 268 g/mol. The number of nitrogens with one attached hydrogen (secondary N) is 1. The molecule has 0 amide bonds. The fraction of sp³-hybridized carbons (Fsp3) is 0.353. The third kappa shape index (κ3) is 2.41. The van der Waals surface area contributed by atoms with Crippen LogP contribution in [0.15, 0.2) is 36.5 Å². The number of ether oxygens (including phenoxy) is 1. The minimum Gasteiger partial charge on any atom is -0.493 e. The summed E-state index contributed by atoms with van der Waals surface area (Å²) in [5.74, 6) is 1.04. The molecular formula is C17H20N2O. The molecule has 1 atom stereocenters. The molecule has 0 radical (unpaired) electrons. The first kappa shape index (κ1) is 13.1. The zero-order valence-corrected chi connectivity index (χ0v) is 12.0. The predicted molar refractivity (Wildman–Crippen MR) is 80.1 cm³/mol. The first-order valence-electron chi connectivity index (χ1n) is 7.20. The second-order valence-electron chi connectivity index (χ2n) is 5.18. The van der Waals surface area contributed by atoms with Gasteiger partial charge >= 0.3 is 0 Å². The van der Waals surface area contributed by atoms with Crippen molar-refractivity contribution in [1.82, 2.24) is 10.3 Å². The van der Waals surface area contributed by atoms with Crippen molar-refractivity contribution in [2.24, 2.45) is 0 Å². The average Bonchev–Trinajstić information content (AvgIpc) is 2.93. The van der Waals surface area contributed by atoms with Gasteiger partial charge in [0.25, 0.3) is 0 Å². The van der Waals surface area contributed by atoms with Crippen LogP contribution >= 0.6 is 0 Å². The van der Waals surface area contributed by atoms with Gasteiger partial charge in [-0.05, 0) is 36.7 Å². The maximum absolute atomic E-state index is 5.84. The molecule has 3 rings (SSSR count). The molecule has 0 fully saturated rings. The van der Waals surface area contributed by atoms with Gasteiger partial charge in [0, 0.05) is 18.2 Å². The highest BCUT2D eigenvalue weighted by atomic mass is 16.5. The van der Waals surface area contributed by atoms with E-state index >= 15 is 0 Å². The fourth-order valence-electron chi connectivity index (χ4n) is 2.76. The zero-order chi connectivity index (χ0) is 13.9. The van der Waals surface area contributed by atoms with Crippen molar-refractivity contribution in [3.8, 4) is 5.75 Å². The van der Waals surface area contributed by atoms with Crippen molar-refractivity contribution in [3.63, 3.8) is 0 Å². The predicted octanol–water partition coefficient (Wildman–Crippen LogP) is 3.02. The number of para-hydroxylation sites is 1. The molecule has 0 spiro atoms. The number of nitrogens with zero attached hydrogens (tertiary/aromatic N) is 1. The number of hydrogen-bond donors (Lipinski definition) is 1. The van der Waals surface area contributed by atoms with Crippen LogP contribution in [0.1, 0.15) is 35.3 Å². The molecule has 1 unspecified atom stereocenters. The molecule has 0 aliphatic carbocycles. The van der Waals surface area contributed by atoms with Gasteiger partial charge in [-0.1, -0.05) is 25.1 Å². The van der Waals surface area contributed by atoms with Crippen LogP contribution in [-0.4, -0.2) is 18.1 Å². The van der Waals surface area contributed by atoms with Crippen LogP contribution in [0.25, 0.3) is 0 Å². The van der Waals surface area contributed by atoms with Crippen LogP contribution in [0.2, 0.25) is 0 Å². The van der Waals surface area contributed by atoms with E-state index in [2.05, 4.69) is 48.4 Å². The number of benzene rings is 1. The van der Waals surface area contributed by atoms with Gasteiger partial charge in [0.15, 0.2) is 0 Å². The Morgan fingerprint density at radius 1 is 1.35 bits per heavy atom. The quantitative estimate of drug-likeness (QED) is 0.925. The topological polar surface area (TPSA) is 34.2 Å². The SMILES string of the molecule is CCNC(c1cc(C)ccn1)c1cccc2c1OCC2. The van der Waals surface area contributed by atoms with Gasteiger partial charge in [0.1, 0.15) is 5.75 Å². The lowest BCUT2D eigenvalue weighted by molar-refractivity contribution is 0.350. The summed E-state index contributed by atoms with van der Waals surface area (Å²) in [5.41, 5.74) is 4.78. The lowest BCUT2D eigenvalue weighted by Crippen LogP contribution is -2.23. The molecule has 0 saturated carbocycles. The van der Waals surface area contributed by atoms with E-state index in [1.807, 2.05) is 12.3 Å².